The standard InChI is InChI=1S/C15H19N3O2/c1-9-10-6-4-5-7-11(10)18-14(20)12(9)13(19)17-8-15(2,3)16/h4-7H,8,16H2,1-3H3,(H,17,19)(H,18,20). The zero-order chi connectivity index (χ0) is 14.9. The average Bonchev–Trinajstić information content (AvgIpc) is 2.35. The van der Waals surface area contributed by atoms with Crippen molar-refractivity contribution in [1.29, 1.82) is 0 Å². The first-order valence-electron chi connectivity index (χ1n) is 6.48. The molecule has 1 aromatic heterocycles. The lowest BCUT2D eigenvalue weighted by atomic mass is 10.0. The molecule has 1 aromatic carbocycles. The molecule has 0 bridgehead atoms. The number of H-pyrrole nitrogens is 1. The number of carbonyl (C=O) groups is 1. The second-order valence-electron chi connectivity index (χ2n) is 5.67. The van der Waals surface area contributed by atoms with Gasteiger partial charge >= 0.3 is 0 Å². The van der Waals surface area contributed by atoms with Crippen molar-refractivity contribution in [2.45, 2.75) is 26.3 Å². The summed E-state index contributed by atoms with van der Waals surface area (Å²) in [6.07, 6.45) is 0. The summed E-state index contributed by atoms with van der Waals surface area (Å²) in [5.74, 6) is -0.395. The SMILES string of the molecule is Cc1c(C(=O)NCC(C)(C)N)c(=O)[nH]c2ccccc12. The maximum Gasteiger partial charge on any atom is 0.261 e. The smallest absolute Gasteiger partial charge is 0.261 e. The minimum atomic E-state index is -0.521. The molecule has 0 saturated carbocycles. The summed E-state index contributed by atoms with van der Waals surface area (Å²) in [6, 6.07) is 7.41. The molecule has 0 radical (unpaired) electrons. The van der Waals surface area contributed by atoms with Crippen molar-refractivity contribution in [2.75, 3.05) is 6.54 Å². The van der Waals surface area contributed by atoms with Gasteiger partial charge < -0.3 is 16.0 Å². The van der Waals surface area contributed by atoms with E-state index in [4.69, 9.17) is 5.73 Å². The molecule has 2 rings (SSSR count). The number of benzene rings is 1. The maximum absolute atomic E-state index is 12.2. The van der Waals surface area contributed by atoms with Crippen LogP contribution in [0, 0.1) is 6.92 Å². The number of para-hydroxylation sites is 1. The minimum Gasteiger partial charge on any atom is -0.350 e. The fourth-order valence-corrected chi connectivity index (χ4v) is 2.08. The topological polar surface area (TPSA) is 88.0 Å². The number of fused-ring (bicyclic) bond motifs is 1. The van der Waals surface area contributed by atoms with E-state index in [1.54, 1.807) is 6.92 Å². The van der Waals surface area contributed by atoms with E-state index in [0.717, 1.165) is 10.9 Å². The van der Waals surface area contributed by atoms with Gasteiger partial charge in [-0.05, 0) is 32.4 Å². The van der Waals surface area contributed by atoms with Gasteiger partial charge in [-0.3, -0.25) is 9.59 Å². The van der Waals surface area contributed by atoms with Crippen LogP contribution < -0.4 is 16.6 Å². The van der Waals surface area contributed by atoms with Crippen LogP contribution in [-0.4, -0.2) is 23.0 Å². The van der Waals surface area contributed by atoms with Crippen molar-refractivity contribution >= 4 is 16.8 Å². The predicted octanol–water partition coefficient (Wildman–Crippen LogP) is 1.30. The Morgan fingerprint density at radius 2 is 2.00 bits per heavy atom. The molecule has 0 aliphatic heterocycles. The van der Waals surface area contributed by atoms with Crippen LogP contribution in [0.1, 0.15) is 29.8 Å². The van der Waals surface area contributed by atoms with Crippen molar-refractivity contribution in [3.8, 4) is 0 Å². The third-order valence-electron chi connectivity index (χ3n) is 3.11. The van der Waals surface area contributed by atoms with Crippen LogP contribution in [-0.2, 0) is 0 Å². The number of nitrogens with one attached hydrogen (secondary N) is 2. The fourth-order valence-electron chi connectivity index (χ4n) is 2.08. The lowest BCUT2D eigenvalue weighted by molar-refractivity contribution is 0.0944. The molecule has 20 heavy (non-hydrogen) atoms. The molecule has 1 heterocycles. The van der Waals surface area contributed by atoms with Gasteiger partial charge in [0.2, 0.25) is 0 Å². The number of carbonyl (C=O) groups excluding carboxylic acids is 1. The number of aryl methyl sites for hydroxylation is 1. The molecular weight excluding hydrogens is 254 g/mol. The predicted molar refractivity (Wildman–Crippen MR) is 79.9 cm³/mol. The Morgan fingerprint density at radius 3 is 2.65 bits per heavy atom. The van der Waals surface area contributed by atoms with Crippen LogP contribution in [0.15, 0.2) is 29.1 Å². The highest BCUT2D eigenvalue weighted by molar-refractivity contribution is 5.99. The molecule has 4 N–H and O–H groups in total. The third kappa shape index (κ3) is 2.88. The van der Waals surface area contributed by atoms with E-state index in [2.05, 4.69) is 10.3 Å². The Hall–Kier alpha value is -2.14. The van der Waals surface area contributed by atoms with E-state index in [1.165, 1.54) is 0 Å². The number of hydrogen-bond donors (Lipinski definition) is 3. The largest absolute Gasteiger partial charge is 0.350 e. The van der Waals surface area contributed by atoms with Crippen molar-refractivity contribution < 1.29 is 4.79 Å². The normalized spacial score (nSPS) is 11.6. The van der Waals surface area contributed by atoms with Crippen LogP contribution in [0.5, 0.6) is 0 Å². The number of hydrogen-bond acceptors (Lipinski definition) is 3. The summed E-state index contributed by atoms with van der Waals surface area (Å²) in [7, 11) is 0. The van der Waals surface area contributed by atoms with Gasteiger partial charge in [0.1, 0.15) is 5.56 Å². The quantitative estimate of drug-likeness (QED) is 0.787. The van der Waals surface area contributed by atoms with E-state index in [9.17, 15) is 9.59 Å². The number of aromatic nitrogens is 1. The summed E-state index contributed by atoms with van der Waals surface area (Å²) in [5.41, 5.74) is 6.48. The average molecular weight is 273 g/mol. The number of aromatic amines is 1. The van der Waals surface area contributed by atoms with Crippen molar-refractivity contribution in [3.63, 3.8) is 0 Å². The molecule has 0 saturated heterocycles. The van der Waals surface area contributed by atoms with Gasteiger partial charge in [-0.25, -0.2) is 0 Å². The Kier molecular flexibility index (Phi) is 3.63. The van der Waals surface area contributed by atoms with E-state index in [-0.39, 0.29) is 11.1 Å². The zero-order valence-electron chi connectivity index (χ0n) is 11.9. The molecule has 106 valence electrons. The molecule has 0 atom stereocenters. The van der Waals surface area contributed by atoms with Gasteiger partial charge in [-0.15, -0.1) is 0 Å². The van der Waals surface area contributed by atoms with E-state index < -0.39 is 11.4 Å². The second kappa shape index (κ2) is 5.09. The summed E-state index contributed by atoms with van der Waals surface area (Å²) in [6.45, 7) is 5.70. The summed E-state index contributed by atoms with van der Waals surface area (Å²) < 4.78 is 0. The molecule has 1 amide bonds. The number of rotatable bonds is 3. The van der Waals surface area contributed by atoms with Crippen LogP contribution >= 0.6 is 0 Å². The van der Waals surface area contributed by atoms with Gasteiger partial charge in [0.15, 0.2) is 0 Å². The maximum atomic E-state index is 12.2. The van der Waals surface area contributed by atoms with Gasteiger partial charge in [-0.2, -0.15) is 0 Å². The third-order valence-corrected chi connectivity index (χ3v) is 3.11. The van der Waals surface area contributed by atoms with Crippen molar-refractivity contribution in [3.05, 3.63) is 45.7 Å². The van der Waals surface area contributed by atoms with Gasteiger partial charge in [0, 0.05) is 23.0 Å². The van der Waals surface area contributed by atoms with Crippen LogP contribution in [0.4, 0.5) is 0 Å². The molecule has 0 aliphatic rings. The van der Waals surface area contributed by atoms with Crippen molar-refractivity contribution in [1.82, 2.24) is 10.3 Å². The summed E-state index contributed by atoms with van der Waals surface area (Å²) in [5, 5.41) is 3.57. The molecule has 0 unspecified atom stereocenters. The lowest BCUT2D eigenvalue weighted by Gasteiger charge is -2.19. The minimum absolute atomic E-state index is 0.146. The molecular formula is C15H19N3O2. The Balaban J connectivity index is 2.44. The molecule has 5 heteroatoms. The number of amides is 1. The first kappa shape index (κ1) is 14.3. The highest BCUT2D eigenvalue weighted by atomic mass is 16.2. The molecule has 0 spiro atoms. The first-order valence-corrected chi connectivity index (χ1v) is 6.48. The van der Waals surface area contributed by atoms with E-state index in [1.807, 2.05) is 38.1 Å². The monoisotopic (exact) mass is 273 g/mol. The first-order chi connectivity index (χ1) is 9.29. The van der Waals surface area contributed by atoms with Gasteiger partial charge in [0.05, 0.1) is 0 Å². The van der Waals surface area contributed by atoms with E-state index >= 15 is 0 Å². The van der Waals surface area contributed by atoms with Gasteiger partial charge in [0.25, 0.3) is 11.5 Å². The molecule has 0 fully saturated rings. The van der Waals surface area contributed by atoms with E-state index in [0.29, 0.717) is 12.1 Å². The van der Waals surface area contributed by atoms with Crippen molar-refractivity contribution in [2.24, 2.45) is 5.73 Å². The Morgan fingerprint density at radius 1 is 1.35 bits per heavy atom. The van der Waals surface area contributed by atoms with Crippen LogP contribution in [0.2, 0.25) is 0 Å². The lowest BCUT2D eigenvalue weighted by Crippen LogP contribution is -2.46. The Bertz CT molecular complexity index is 711. The number of nitrogens with two attached hydrogens (primary N) is 1. The molecule has 5 nitrogen and oxygen atoms in total. The second-order valence-corrected chi connectivity index (χ2v) is 5.67. The Labute approximate surface area is 117 Å². The van der Waals surface area contributed by atoms with Gasteiger partial charge in [-0.1, -0.05) is 18.2 Å². The molecule has 0 aliphatic carbocycles. The summed E-state index contributed by atoms with van der Waals surface area (Å²) >= 11 is 0. The van der Waals surface area contributed by atoms with Crippen LogP contribution in [0.3, 0.4) is 0 Å². The summed E-state index contributed by atoms with van der Waals surface area (Å²) in [4.78, 5) is 27.0. The van der Waals surface area contributed by atoms with Crippen LogP contribution in [0.25, 0.3) is 10.9 Å². The molecule has 2 aromatic rings. The zero-order valence-corrected chi connectivity index (χ0v) is 11.9. The highest BCUT2D eigenvalue weighted by Crippen LogP contribution is 2.16. The fraction of sp³-hybridized carbons (Fsp3) is 0.333. The highest BCUT2D eigenvalue weighted by Gasteiger charge is 2.18. The number of pyridine rings is 1.